The number of hydrogen-bond acceptors (Lipinski definition) is 5. The molecule has 128 valence electrons. The molecule has 2 N–H and O–H groups in total. The minimum absolute atomic E-state index is 0.0409. The molecule has 3 atom stereocenters. The molecule has 1 saturated heterocycles. The highest BCUT2D eigenvalue weighted by molar-refractivity contribution is 5.72. The summed E-state index contributed by atoms with van der Waals surface area (Å²) in [6.45, 7) is 1.77. The number of aliphatic hydroxyl groups is 1. The van der Waals surface area contributed by atoms with Crippen LogP contribution in [-0.2, 0) is 16.0 Å². The SMILES string of the molecule is CC(=O)NC[C@H]1O[C@H](Cc2cc(-c3ccccc3)on2)CC[C@@H]1O. The molecular weight excluding hydrogens is 308 g/mol. The van der Waals surface area contributed by atoms with Crippen molar-refractivity contribution in [2.75, 3.05) is 6.54 Å². The molecule has 1 amide bonds. The Morgan fingerprint density at radius 1 is 1.33 bits per heavy atom. The first kappa shape index (κ1) is 16.7. The first-order valence-corrected chi connectivity index (χ1v) is 8.21. The maximum atomic E-state index is 11.0. The lowest BCUT2D eigenvalue weighted by Gasteiger charge is -2.33. The molecule has 2 heterocycles. The van der Waals surface area contributed by atoms with E-state index >= 15 is 0 Å². The van der Waals surface area contributed by atoms with Crippen molar-refractivity contribution in [3.8, 4) is 11.3 Å². The molecule has 0 bridgehead atoms. The predicted octanol–water partition coefficient (Wildman–Crippen LogP) is 1.93. The Balaban J connectivity index is 1.60. The highest BCUT2D eigenvalue weighted by Gasteiger charge is 2.30. The lowest BCUT2D eigenvalue weighted by atomic mass is 9.98. The van der Waals surface area contributed by atoms with Gasteiger partial charge in [0.2, 0.25) is 5.91 Å². The topological polar surface area (TPSA) is 84.6 Å². The molecule has 3 rings (SSSR count). The van der Waals surface area contributed by atoms with E-state index in [0.29, 0.717) is 19.4 Å². The van der Waals surface area contributed by atoms with Gasteiger partial charge in [-0.05, 0) is 12.8 Å². The van der Waals surface area contributed by atoms with Gasteiger partial charge in [0.25, 0.3) is 0 Å². The molecule has 1 aliphatic rings. The van der Waals surface area contributed by atoms with Crippen LogP contribution in [0.2, 0.25) is 0 Å². The maximum absolute atomic E-state index is 11.0. The number of benzene rings is 1. The highest BCUT2D eigenvalue weighted by atomic mass is 16.5. The third-order valence-electron chi connectivity index (χ3n) is 4.19. The van der Waals surface area contributed by atoms with Crippen LogP contribution in [0.5, 0.6) is 0 Å². The Hall–Kier alpha value is -2.18. The van der Waals surface area contributed by atoms with Crippen LogP contribution in [0, 0.1) is 0 Å². The first-order valence-electron chi connectivity index (χ1n) is 8.21. The summed E-state index contributed by atoms with van der Waals surface area (Å²) < 4.78 is 11.3. The quantitative estimate of drug-likeness (QED) is 0.875. The normalized spacial score (nSPS) is 23.8. The minimum atomic E-state index is -0.551. The average Bonchev–Trinajstić information content (AvgIpc) is 3.04. The van der Waals surface area contributed by atoms with Crippen LogP contribution in [0.15, 0.2) is 40.9 Å². The molecule has 1 aromatic carbocycles. The summed E-state index contributed by atoms with van der Waals surface area (Å²) in [6.07, 6.45) is 1.06. The number of aliphatic hydroxyl groups excluding tert-OH is 1. The molecule has 0 unspecified atom stereocenters. The molecule has 24 heavy (non-hydrogen) atoms. The lowest BCUT2D eigenvalue weighted by molar-refractivity contribution is -0.127. The van der Waals surface area contributed by atoms with E-state index < -0.39 is 6.10 Å². The summed E-state index contributed by atoms with van der Waals surface area (Å²) in [6, 6.07) is 11.7. The zero-order valence-electron chi connectivity index (χ0n) is 13.6. The van der Waals surface area contributed by atoms with Crippen LogP contribution in [0.4, 0.5) is 0 Å². The molecular formula is C18H22N2O4. The molecule has 1 fully saturated rings. The molecule has 1 aliphatic heterocycles. The van der Waals surface area contributed by atoms with E-state index in [2.05, 4.69) is 10.5 Å². The number of ether oxygens (including phenoxy) is 1. The molecule has 0 spiro atoms. The number of nitrogens with zero attached hydrogens (tertiary/aromatic N) is 1. The number of rotatable bonds is 5. The second-order valence-electron chi connectivity index (χ2n) is 6.13. The Morgan fingerprint density at radius 3 is 2.88 bits per heavy atom. The minimum Gasteiger partial charge on any atom is -0.390 e. The molecule has 0 radical (unpaired) electrons. The number of carbonyl (C=O) groups excluding carboxylic acids is 1. The predicted molar refractivity (Wildman–Crippen MR) is 88.2 cm³/mol. The van der Waals surface area contributed by atoms with Crippen molar-refractivity contribution < 1.29 is 19.2 Å². The third kappa shape index (κ3) is 4.21. The number of amides is 1. The van der Waals surface area contributed by atoms with Gasteiger partial charge in [0, 0.05) is 31.5 Å². The van der Waals surface area contributed by atoms with E-state index in [1.54, 1.807) is 0 Å². The van der Waals surface area contributed by atoms with Crippen LogP contribution < -0.4 is 5.32 Å². The Labute approximate surface area is 140 Å². The third-order valence-corrected chi connectivity index (χ3v) is 4.19. The fraction of sp³-hybridized carbons (Fsp3) is 0.444. The van der Waals surface area contributed by atoms with Crippen LogP contribution in [0.25, 0.3) is 11.3 Å². The van der Waals surface area contributed by atoms with Crippen molar-refractivity contribution in [1.29, 1.82) is 0 Å². The zero-order chi connectivity index (χ0) is 16.9. The monoisotopic (exact) mass is 330 g/mol. The van der Waals surface area contributed by atoms with Crippen molar-refractivity contribution in [2.45, 2.75) is 44.5 Å². The molecule has 6 nitrogen and oxygen atoms in total. The van der Waals surface area contributed by atoms with Crippen molar-refractivity contribution in [3.05, 3.63) is 42.1 Å². The number of hydrogen-bond donors (Lipinski definition) is 2. The van der Waals surface area contributed by atoms with Crippen molar-refractivity contribution >= 4 is 5.91 Å². The van der Waals surface area contributed by atoms with Gasteiger partial charge < -0.3 is 19.7 Å². The van der Waals surface area contributed by atoms with Gasteiger partial charge in [0.05, 0.1) is 17.9 Å². The Bertz CT molecular complexity index is 671. The summed E-state index contributed by atoms with van der Waals surface area (Å²) >= 11 is 0. The standard InChI is InChI=1S/C18H22N2O4/c1-12(21)19-11-18-16(22)8-7-15(23-18)9-14-10-17(24-20-14)13-5-3-2-4-6-13/h2-6,10,15-16,18,22H,7-9,11H2,1H3,(H,19,21)/t15-,16-,18+/m0/s1. The molecule has 0 aliphatic carbocycles. The summed E-state index contributed by atoms with van der Waals surface area (Å²) in [5, 5.41) is 16.8. The van der Waals surface area contributed by atoms with Crippen LogP contribution >= 0.6 is 0 Å². The number of carbonyl (C=O) groups is 1. The number of nitrogens with one attached hydrogen (secondary N) is 1. The van der Waals surface area contributed by atoms with Gasteiger partial charge in [-0.1, -0.05) is 35.5 Å². The first-order chi connectivity index (χ1) is 11.6. The van der Waals surface area contributed by atoms with E-state index in [1.807, 2.05) is 36.4 Å². The van der Waals surface area contributed by atoms with Gasteiger partial charge in [-0.25, -0.2) is 0 Å². The Morgan fingerprint density at radius 2 is 2.12 bits per heavy atom. The fourth-order valence-electron chi connectivity index (χ4n) is 2.91. The smallest absolute Gasteiger partial charge is 0.216 e. The van der Waals surface area contributed by atoms with Crippen LogP contribution in [0.3, 0.4) is 0 Å². The number of aromatic nitrogens is 1. The second kappa shape index (κ2) is 7.59. The van der Waals surface area contributed by atoms with Gasteiger partial charge in [-0.3, -0.25) is 4.79 Å². The molecule has 6 heteroatoms. The zero-order valence-corrected chi connectivity index (χ0v) is 13.6. The van der Waals surface area contributed by atoms with E-state index in [1.165, 1.54) is 6.92 Å². The van der Waals surface area contributed by atoms with Gasteiger partial charge in [0.15, 0.2) is 5.76 Å². The van der Waals surface area contributed by atoms with Gasteiger partial charge in [-0.2, -0.15) is 0 Å². The molecule has 1 aromatic heterocycles. The summed E-state index contributed by atoms with van der Waals surface area (Å²) in [4.78, 5) is 11.0. The van der Waals surface area contributed by atoms with Crippen LogP contribution in [-0.4, -0.2) is 41.0 Å². The van der Waals surface area contributed by atoms with E-state index in [-0.39, 0.29) is 18.1 Å². The van der Waals surface area contributed by atoms with Gasteiger partial charge in [0.1, 0.15) is 6.10 Å². The summed E-state index contributed by atoms with van der Waals surface area (Å²) in [5.41, 5.74) is 1.81. The van der Waals surface area contributed by atoms with Crippen molar-refractivity contribution in [1.82, 2.24) is 10.5 Å². The summed E-state index contributed by atoms with van der Waals surface area (Å²) in [7, 11) is 0. The maximum Gasteiger partial charge on any atom is 0.216 e. The highest BCUT2D eigenvalue weighted by Crippen LogP contribution is 2.25. The van der Waals surface area contributed by atoms with Crippen molar-refractivity contribution in [2.24, 2.45) is 0 Å². The van der Waals surface area contributed by atoms with Gasteiger partial charge >= 0.3 is 0 Å². The molecule has 0 saturated carbocycles. The van der Waals surface area contributed by atoms with E-state index in [0.717, 1.165) is 23.4 Å². The van der Waals surface area contributed by atoms with E-state index in [4.69, 9.17) is 9.26 Å². The van der Waals surface area contributed by atoms with Crippen molar-refractivity contribution in [3.63, 3.8) is 0 Å². The van der Waals surface area contributed by atoms with E-state index in [9.17, 15) is 9.90 Å². The lowest BCUT2D eigenvalue weighted by Crippen LogP contribution is -2.46. The van der Waals surface area contributed by atoms with Crippen LogP contribution in [0.1, 0.15) is 25.5 Å². The Kier molecular flexibility index (Phi) is 5.27. The average molecular weight is 330 g/mol. The fourth-order valence-corrected chi connectivity index (χ4v) is 2.91. The molecule has 2 aromatic rings. The summed E-state index contributed by atoms with van der Waals surface area (Å²) in [5.74, 6) is 0.605. The largest absolute Gasteiger partial charge is 0.390 e. The van der Waals surface area contributed by atoms with Gasteiger partial charge in [-0.15, -0.1) is 0 Å². The second-order valence-corrected chi connectivity index (χ2v) is 6.13.